The fourth-order valence-corrected chi connectivity index (χ4v) is 3.48. The highest BCUT2D eigenvalue weighted by molar-refractivity contribution is 7.92. The Balaban J connectivity index is 2.02. The Morgan fingerprint density at radius 2 is 2.09 bits per heavy atom. The molecule has 0 saturated heterocycles. The maximum Gasteiger partial charge on any atom is 0.235 e. The summed E-state index contributed by atoms with van der Waals surface area (Å²) in [6, 6.07) is 7.41. The Labute approximate surface area is 138 Å². The van der Waals surface area contributed by atoms with Crippen molar-refractivity contribution in [3.63, 3.8) is 0 Å². The van der Waals surface area contributed by atoms with E-state index in [4.69, 9.17) is 11.6 Å². The van der Waals surface area contributed by atoms with Gasteiger partial charge in [0.05, 0.1) is 5.02 Å². The van der Waals surface area contributed by atoms with Gasteiger partial charge < -0.3 is 5.32 Å². The third-order valence-corrected chi connectivity index (χ3v) is 5.04. The minimum atomic E-state index is -3.94. The molecular weight excluding hydrogens is 343 g/mol. The Morgan fingerprint density at radius 1 is 1.35 bits per heavy atom. The molecule has 23 heavy (non-hydrogen) atoms. The van der Waals surface area contributed by atoms with Crippen LogP contribution in [0, 0.1) is 12.7 Å². The van der Waals surface area contributed by atoms with E-state index in [2.05, 4.69) is 10.3 Å². The first kappa shape index (κ1) is 17.4. The molecule has 8 heteroatoms. The van der Waals surface area contributed by atoms with Gasteiger partial charge in [0.15, 0.2) is 5.03 Å². The minimum Gasteiger partial charge on any atom is -0.351 e. The summed E-state index contributed by atoms with van der Waals surface area (Å²) in [6.07, 6.45) is 1.28. The molecule has 0 bridgehead atoms. The number of aromatic nitrogens is 1. The van der Waals surface area contributed by atoms with E-state index < -0.39 is 21.5 Å². The Bertz CT molecular complexity index is 840. The predicted molar refractivity (Wildman–Crippen MR) is 84.3 cm³/mol. The number of aryl methyl sites for hydroxylation is 1. The maximum atomic E-state index is 13.4. The molecule has 0 fully saturated rings. The molecule has 1 heterocycles. The molecular formula is C15H14ClFN2O3S. The number of halogens is 2. The van der Waals surface area contributed by atoms with Gasteiger partial charge in [0.1, 0.15) is 11.6 Å². The van der Waals surface area contributed by atoms with Crippen LogP contribution >= 0.6 is 11.6 Å². The number of carbonyl (C=O) groups excluding carboxylic acids is 1. The fourth-order valence-electron chi connectivity index (χ4n) is 1.84. The Hall–Kier alpha value is -1.99. The van der Waals surface area contributed by atoms with Gasteiger partial charge in [-0.1, -0.05) is 23.7 Å². The monoisotopic (exact) mass is 356 g/mol. The SMILES string of the molecule is Cc1ccc(CNC(=O)CS(=O)(=O)c2ncccc2Cl)cc1F. The standard InChI is InChI=1S/C15H14ClFN2O3S/c1-10-4-5-11(7-13(10)17)8-19-14(20)9-23(21,22)15-12(16)3-2-6-18-15/h2-7H,8-9H2,1H3,(H,19,20). The van der Waals surface area contributed by atoms with Crippen LogP contribution in [0.5, 0.6) is 0 Å². The highest BCUT2D eigenvalue weighted by Crippen LogP contribution is 2.18. The van der Waals surface area contributed by atoms with Crippen LogP contribution in [0.2, 0.25) is 5.02 Å². The molecule has 2 aromatic rings. The van der Waals surface area contributed by atoms with Gasteiger partial charge in [-0.15, -0.1) is 0 Å². The fraction of sp³-hybridized carbons (Fsp3) is 0.200. The summed E-state index contributed by atoms with van der Waals surface area (Å²) in [6.45, 7) is 1.66. The lowest BCUT2D eigenvalue weighted by atomic mass is 10.1. The van der Waals surface area contributed by atoms with Gasteiger partial charge in [-0.3, -0.25) is 4.79 Å². The van der Waals surface area contributed by atoms with Crippen LogP contribution < -0.4 is 5.32 Å². The second-order valence-corrected chi connectivity index (χ2v) is 7.22. The number of nitrogens with one attached hydrogen (secondary N) is 1. The van der Waals surface area contributed by atoms with Crippen LogP contribution in [-0.2, 0) is 21.2 Å². The van der Waals surface area contributed by atoms with Gasteiger partial charge in [0.2, 0.25) is 15.7 Å². The van der Waals surface area contributed by atoms with Crippen molar-refractivity contribution in [1.29, 1.82) is 0 Å². The quantitative estimate of drug-likeness (QED) is 0.891. The summed E-state index contributed by atoms with van der Waals surface area (Å²) in [5.74, 6) is -1.88. The second kappa shape index (κ2) is 7.06. The Morgan fingerprint density at radius 3 is 2.74 bits per heavy atom. The molecule has 0 aliphatic carbocycles. The van der Waals surface area contributed by atoms with Crippen LogP contribution in [0.25, 0.3) is 0 Å². The second-order valence-electron chi connectivity index (χ2n) is 4.91. The zero-order valence-electron chi connectivity index (χ0n) is 12.2. The van der Waals surface area contributed by atoms with Gasteiger partial charge in [0, 0.05) is 12.7 Å². The zero-order valence-corrected chi connectivity index (χ0v) is 13.8. The van der Waals surface area contributed by atoms with Crippen LogP contribution in [0.15, 0.2) is 41.6 Å². The molecule has 1 aromatic carbocycles. The third kappa shape index (κ3) is 4.49. The zero-order chi connectivity index (χ0) is 17.0. The van der Waals surface area contributed by atoms with Gasteiger partial charge in [-0.2, -0.15) is 0 Å². The van der Waals surface area contributed by atoms with E-state index in [0.29, 0.717) is 11.1 Å². The smallest absolute Gasteiger partial charge is 0.235 e. The number of sulfone groups is 1. The van der Waals surface area contributed by atoms with Gasteiger partial charge in [-0.25, -0.2) is 17.8 Å². The highest BCUT2D eigenvalue weighted by Gasteiger charge is 2.23. The molecule has 0 radical (unpaired) electrons. The molecule has 5 nitrogen and oxygen atoms in total. The van der Waals surface area contributed by atoms with Crippen molar-refractivity contribution in [2.75, 3.05) is 5.75 Å². The summed E-state index contributed by atoms with van der Waals surface area (Å²) in [4.78, 5) is 15.5. The first-order chi connectivity index (χ1) is 10.8. The average Bonchev–Trinajstić information content (AvgIpc) is 2.48. The Kier molecular flexibility index (Phi) is 5.33. The topological polar surface area (TPSA) is 76.1 Å². The highest BCUT2D eigenvalue weighted by atomic mass is 35.5. The van der Waals surface area contributed by atoms with Crippen molar-refractivity contribution in [2.24, 2.45) is 0 Å². The molecule has 0 atom stereocenters. The molecule has 1 amide bonds. The van der Waals surface area contributed by atoms with Gasteiger partial charge in [-0.05, 0) is 36.2 Å². The normalized spacial score (nSPS) is 11.3. The molecule has 1 N–H and O–H groups in total. The number of benzene rings is 1. The van der Waals surface area contributed by atoms with E-state index in [1.807, 2.05) is 0 Å². The van der Waals surface area contributed by atoms with Crippen LogP contribution in [0.4, 0.5) is 4.39 Å². The largest absolute Gasteiger partial charge is 0.351 e. The van der Waals surface area contributed by atoms with Crippen molar-refractivity contribution in [1.82, 2.24) is 10.3 Å². The number of hydrogen-bond acceptors (Lipinski definition) is 4. The van der Waals surface area contributed by atoms with Crippen molar-refractivity contribution < 1.29 is 17.6 Å². The van der Waals surface area contributed by atoms with Crippen LogP contribution in [0.1, 0.15) is 11.1 Å². The molecule has 0 saturated carbocycles. The third-order valence-electron chi connectivity index (χ3n) is 3.07. The van der Waals surface area contributed by atoms with E-state index >= 15 is 0 Å². The molecule has 1 aromatic heterocycles. The summed E-state index contributed by atoms with van der Waals surface area (Å²) in [5.41, 5.74) is 1.03. The van der Waals surface area contributed by atoms with Gasteiger partial charge in [0.25, 0.3) is 0 Å². The summed E-state index contributed by atoms with van der Waals surface area (Å²) in [7, 11) is -3.94. The molecule has 0 aliphatic heterocycles. The lowest BCUT2D eigenvalue weighted by Gasteiger charge is -2.08. The predicted octanol–water partition coefficient (Wildman–Crippen LogP) is 2.27. The number of nitrogens with zero attached hydrogens (tertiary/aromatic N) is 1. The lowest BCUT2D eigenvalue weighted by Crippen LogP contribution is -2.30. The van der Waals surface area contributed by atoms with E-state index in [1.54, 1.807) is 19.1 Å². The van der Waals surface area contributed by atoms with Crippen molar-refractivity contribution >= 4 is 27.3 Å². The number of hydrogen-bond donors (Lipinski definition) is 1. The molecule has 122 valence electrons. The van der Waals surface area contributed by atoms with Crippen molar-refractivity contribution in [3.05, 3.63) is 58.5 Å². The lowest BCUT2D eigenvalue weighted by molar-refractivity contribution is -0.118. The number of rotatable bonds is 5. The minimum absolute atomic E-state index is 0.0293. The van der Waals surface area contributed by atoms with Crippen molar-refractivity contribution in [3.8, 4) is 0 Å². The summed E-state index contributed by atoms with van der Waals surface area (Å²) >= 11 is 5.78. The number of pyridine rings is 1. The van der Waals surface area contributed by atoms with E-state index in [1.165, 1.54) is 24.4 Å². The first-order valence-electron chi connectivity index (χ1n) is 6.64. The van der Waals surface area contributed by atoms with Crippen LogP contribution in [0.3, 0.4) is 0 Å². The van der Waals surface area contributed by atoms with Crippen molar-refractivity contribution in [2.45, 2.75) is 18.5 Å². The molecule has 0 aliphatic rings. The average molecular weight is 357 g/mol. The first-order valence-corrected chi connectivity index (χ1v) is 8.67. The maximum absolute atomic E-state index is 13.4. The number of carbonyl (C=O) groups is 1. The molecule has 0 spiro atoms. The van der Waals surface area contributed by atoms with Crippen LogP contribution in [-0.4, -0.2) is 25.1 Å². The summed E-state index contributed by atoms with van der Waals surface area (Å²) in [5, 5.41) is 2.06. The van der Waals surface area contributed by atoms with E-state index in [0.717, 1.165) is 0 Å². The van der Waals surface area contributed by atoms with Gasteiger partial charge >= 0.3 is 0 Å². The number of amides is 1. The van der Waals surface area contributed by atoms with E-state index in [-0.39, 0.29) is 22.4 Å². The molecule has 2 rings (SSSR count). The van der Waals surface area contributed by atoms with E-state index in [9.17, 15) is 17.6 Å². The summed E-state index contributed by atoms with van der Waals surface area (Å²) < 4.78 is 37.6. The molecule has 0 unspecified atom stereocenters.